The summed E-state index contributed by atoms with van der Waals surface area (Å²) in [6.45, 7) is 8.32. The summed E-state index contributed by atoms with van der Waals surface area (Å²) >= 11 is 0. The van der Waals surface area contributed by atoms with E-state index in [1.54, 1.807) is 0 Å². The molecule has 0 bridgehead atoms. The van der Waals surface area contributed by atoms with Crippen LogP contribution in [0.1, 0.15) is 39.3 Å². The average molecular weight is 222 g/mol. The van der Waals surface area contributed by atoms with Crippen LogP contribution >= 0.6 is 0 Å². The van der Waals surface area contributed by atoms with E-state index in [2.05, 4.69) is 31.4 Å². The predicted molar refractivity (Wildman–Crippen MR) is 67.1 cm³/mol. The highest BCUT2D eigenvalue weighted by atomic mass is 16.5. The molecule has 1 aromatic rings. The third-order valence-corrected chi connectivity index (χ3v) is 2.46. The van der Waals surface area contributed by atoms with Crippen molar-refractivity contribution in [1.29, 1.82) is 0 Å². The molecule has 1 unspecified atom stereocenters. The van der Waals surface area contributed by atoms with Crippen LogP contribution in [0.15, 0.2) is 24.3 Å². The molecule has 0 aliphatic carbocycles. The second kappa shape index (κ2) is 5.87. The van der Waals surface area contributed by atoms with Crippen molar-refractivity contribution in [3.63, 3.8) is 0 Å². The van der Waals surface area contributed by atoms with Crippen LogP contribution in [0.2, 0.25) is 0 Å². The second-order valence-corrected chi connectivity index (χ2v) is 4.62. The number of benzene rings is 1. The van der Waals surface area contributed by atoms with E-state index in [1.807, 2.05) is 26.0 Å². The highest BCUT2D eigenvalue weighted by molar-refractivity contribution is 5.29. The van der Waals surface area contributed by atoms with Crippen LogP contribution in [0.25, 0.3) is 0 Å². The van der Waals surface area contributed by atoms with Gasteiger partial charge in [-0.25, -0.2) is 0 Å². The molecule has 90 valence electrons. The van der Waals surface area contributed by atoms with Gasteiger partial charge in [-0.05, 0) is 37.5 Å². The lowest BCUT2D eigenvalue weighted by molar-refractivity contribution is 0.242. The Hall–Kier alpha value is -1.06. The van der Waals surface area contributed by atoms with E-state index in [0.717, 1.165) is 5.75 Å². The molecule has 0 radical (unpaired) electrons. The SMILES string of the molecule is CC(C)Oc1ccc(C(NN)C(C)C)cc1. The zero-order valence-corrected chi connectivity index (χ0v) is 10.5. The van der Waals surface area contributed by atoms with Crippen molar-refractivity contribution in [2.24, 2.45) is 11.8 Å². The molecule has 0 amide bonds. The summed E-state index contributed by atoms with van der Waals surface area (Å²) in [5.74, 6) is 6.90. The second-order valence-electron chi connectivity index (χ2n) is 4.62. The van der Waals surface area contributed by atoms with Crippen LogP contribution in [0, 0.1) is 5.92 Å². The maximum atomic E-state index is 5.59. The average Bonchev–Trinajstić information content (AvgIpc) is 2.20. The lowest BCUT2D eigenvalue weighted by Crippen LogP contribution is -2.31. The molecule has 1 aromatic carbocycles. The molecule has 0 saturated carbocycles. The fraction of sp³-hybridized carbons (Fsp3) is 0.538. The fourth-order valence-corrected chi connectivity index (χ4v) is 1.70. The van der Waals surface area contributed by atoms with Gasteiger partial charge in [-0.3, -0.25) is 11.3 Å². The Morgan fingerprint density at radius 3 is 2.00 bits per heavy atom. The Morgan fingerprint density at radius 1 is 1.06 bits per heavy atom. The van der Waals surface area contributed by atoms with Gasteiger partial charge in [-0.2, -0.15) is 0 Å². The van der Waals surface area contributed by atoms with Crippen LogP contribution in [-0.4, -0.2) is 6.10 Å². The van der Waals surface area contributed by atoms with E-state index in [1.165, 1.54) is 5.56 Å². The van der Waals surface area contributed by atoms with Crippen LogP contribution in [0.4, 0.5) is 0 Å². The van der Waals surface area contributed by atoms with Crippen molar-refractivity contribution in [1.82, 2.24) is 5.43 Å². The third-order valence-electron chi connectivity index (χ3n) is 2.46. The highest BCUT2D eigenvalue weighted by Gasteiger charge is 2.13. The number of nitrogens with two attached hydrogens (primary N) is 1. The predicted octanol–water partition coefficient (Wildman–Crippen LogP) is 2.63. The minimum absolute atomic E-state index is 0.188. The maximum absolute atomic E-state index is 5.59. The van der Waals surface area contributed by atoms with Gasteiger partial charge in [0.1, 0.15) is 5.75 Å². The van der Waals surface area contributed by atoms with E-state index in [-0.39, 0.29) is 12.1 Å². The minimum Gasteiger partial charge on any atom is -0.491 e. The number of rotatable bonds is 5. The van der Waals surface area contributed by atoms with Crippen LogP contribution < -0.4 is 16.0 Å². The van der Waals surface area contributed by atoms with Crippen molar-refractivity contribution >= 4 is 0 Å². The molecular formula is C13H22N2O. The van der Waals surface area contributed by atoms with E-state index in [9.17, 15) is 0 Å². The molecule has 0 saturated heterocycles. The normalized spacial score (nSPS) is 13.2. The van der Waals surface area contributed by atoms with Gasteiger partial charge in [0.15, 0.2) is 0 Å². The first-order valence-corrected chi connectivity index (χ1v) is 5.77. The number of hydrogen-bond donors (Lipinski definition) is 2. The smallest absolute Gasteiger partial charge is 0.119 e. The Kier molecular flexibility index (Phi) is 4.77. The molecule has 16 heavy (non-hydrogen) atoms. The largest absolute Gasteiger partial charge is 0.491 e. The van der Waals surface area contributed by atoms with Gasteiger partial charge in [-0.15, -0.1) is 0 Å². The van der Waals surface area contributed by atoms with Gasteiger partial charge >= 0.3 is 0 Å². The maximum Gasteiger partial charge on any atom is 0.119 e. The summed E-state index contributed by atoms with van der Waals surface area (Å²) in [6, 6.07) is 8.28. The molecular weight excluding hydrogens is 200 g/mol. The topological polar surface area (TPSA) is 47.3 Å². The van der Waals surface area contributed by atoms with Crippen molar-refractivity contribution in [3.05, 3.63) is 29.8 Å². The standard InChI is InChI=1S/C13H22N2O/c1-9(2)13(15-14)11-5-7-12(8-6-11)16-10(3)4/h5-10,13,15H,14H2,1-4H3. The van der Waals surface area contributed by atoms with Crippen molar-refractivity contribution < 1.29 is 4.74 Å². The van der Waals surface area contributed by atoms with Crippen molar-refractivity contribution in [2.75, 3.05) is 0 Å². The Balaban J connectivity index is 2.77. The molecule has 0 spiro atoms. The first-order chi connectivity index (χ1) is 7.54. The van der Waals surface area contributed by atoms with Crippen LogP contribution in [0.3, 0.4) is 0 Å². The summed E-state index contributed by atoms with van der Waals surface area (Å²) in [6.07, 6.45) is 0.208. The Bertz CT molecular complexity index is 306. The Labute approximate surface area is 98.0 Å². The molecule has 3 N–H and O–H groups in total. The van der Waals surface area contributed by atoms with Crippen molar-refractivity contribution in [2.45, 2.75) is 39.8 Å². The number of ether oxygens (including phenoxy) is 1. The summed E-state index contributed by atoms with van der Waals surface area (Å²) in [5, 5.41) is 0. The molecule has 1 rings (SSSR count). The molecule has 0 aliphatic rings. The number of hydrazine groups is 1. The van der Waals surface area contributed by atoms with Gasteiger partial charge in [0.2, 0.25) is 0 Å². The first-order valence-electron chi connectivity index (χ1n) is 5.77. The molecule has 0 aliphatic heterocycles. The molecule has 0 aromatic heterocycles. The fourth-order valence-electron chi connectivity index (χ4n) is 1.70. The summed E-state index contributed by atoms with van der Waals surface area (Å²) < 4.78 is 5.59. The van der Waals surface area contributed by atoms with E-state index in [0.29, 0.717) is 5.92 Å². The lowest BCUT2D eigenvalue weighted by atomic mass is 9.97. The zero-order valence-electron chi connectivity index (χ0n) is 10.5. The summed E-state index contributed by atoms with van der Waals surface area (Å²) in [7, 11) is 0. The van der Waals surface area contributed by atoms with E-state index in [4.69, 9.17) is 10.6 Å². The summed E-state index contributed by atoms with van der Waals surface area (Å²) in [5.41, 5.74) is 4.03. The van der Waals surface area contributed by atoms with Crippen LogP contribution in [0.5, 0.6) is 5.75 Å². The van der Waals surface area contributed by atoms with Gasteiger partial charge in [0.25, 0.3) is 0 Å². The quantitative estimate of drug-likeness (QED) is 0.594. The van der Waals surface area contributed by atoms with Gasteiger partial charge in [0, 0.05) is 6.04 Å². The zero-order chi connectivity index (χ0) is 12.1. The molecule has 0 fully saturated rings. The lowest BCUT2D eigenvalue weighted by Gasteiger charge is -2.20. The Morgan fingerprint density at radius 2 is 1.62 bits per heavy atom. The monoisotopic (exact) mass is 222 g/mol. The molecule has 3 heteroatoms. The van der Waals surface area contributed by atoms with Crippen molar-refractivity contribution in [3.8, 4) is 5.75 Å². The van der Waals surface area contributed by atoms with Gasteiger partial charge in [0.05, 0.1) is 6.10 Å². The number of hydrogen-bond acceptors (Lipinski definition) is 3. The minimum atomic E-state index is 0.188. The van der Waals surface area contributed by atoms with E-state index >= 15 is 0 Å². The molecule has 1 atom stereocenters. The first kappa shape index (κ1) is 13.0. The molecule has 3 nitrogen and oxygen atoms in total. The highest BCUT2D eigenvalue weighted by Crippen LogP contribution is 2.23. The third kappa shape index (κ3) is 3.51. The molecule has 0 heterocycles. The number of nitrogens with one attached hydrogen (secondary N) is 1. The van der Waals surface area contributed by atoms with Gasteiger partial charge < -0.3 is 4.74 Å². The summed E-state index contributed by atoms with van der Waals surface area (Å²) in [4.78, 5) is 0. The van der Waals surface area contributed by atoms with Crippen LogP contribution in [-0.2, 0) is 0 Å². The van der Waals surface area contributed by atoms with E-state index < -0.39 is 0 Å². The van der Waals surface area contributed by atoms with Gasteiger partial charge in [-0.1, -0.05) is 26.0 Å².